The molecule has 0 saturated heterocycles. The van der Waals surface area contributed by atoms with E-state index in [0.717, 1.165) is 37.1 Å². The molecule has 2 aliphatic rings. The summed E-state index contributed by atoms with van der Waals surface area (Å²) in [5, 5.41) is 21.6. The Balaban J connectivity index is 1.40. The Hall–Kier alpha value is -2.21. The van der Waals surface area contributed by atoms with E-state index in [-0.39, 0.29) is 17.7 Å². The van der Waals surface area contributed by atoms with Crippen molar-refractivity contribution in [2.24, 2.45) is 13.0 Å². The zero-order chi connectivity index (χ0) is 18.1. The second kappa shape index (κ2) is 7.19. The number of aliphatic hydroxyl groups is 1. The van der Waals surface area contributed by atoms with Gasteiger partial charge < -0.3 is 15.0 Å². The standard InChI is InChI=1S/C20H26N4O2/c1-24-12-22-23-19(24)14-9-15(18(25)10-14)11-21-20(26)17-8-4-6-13-5-2-3-7-16(13)17/h4,6,8,12,14-15,18,25H,2-3,5,7,9-11H2,1H3,(H,21,26)/t14-,15+,18+/m0/s1. The Labute approximate surface area is 153 Å². The second-order valence-corrected chi connectivity index (χ2v) is 7.66. The van der Waals surface area contributed by atoms with Gasteiger partial charge in [0.15, 0.2) is 0 Å². The molecule has 0 unspecified atom stereocenters. The van der Waals surface area contributed by atoms with Gasteiger partial charge in [-0.25, -0.2) is 0 Å². The predicted molar refractivity (Wildman–Crippen MR) is 97.9 cm³/mol. The fourth-order valence-electron chi connectivity index (χ4n) is 4.51. The van der Waals surface area contributed by atoms with Crippen LogP contribution in [0.1, 0.15) is 58.9 Å². The molecule has 4 rings (SSSR count). The first-order chi connectivity index (χ1) is 12.6. The number of carbonyl (C=O) groups excluding carboxylic acids is 1. The number of rotatable bonds is 4. The van der Waals surface area contributed by atoms with E-state index in [1.54, 1.807) is 6.33 Å². The van der Waals surface area contributed by atoms with Gasteiger partial charge in [0, 0.05) is 31.0 Å². The number of nitrogens with one attached hydrogen (secondary N) is 1. The van der Waals surface area contributed by atoms with Crippen LogP contribution in [-0.4, -0.2) is 38.4 Å². The number of aliphatic hydroxyl groups excluding tert-OH is 1. The fraction of sp³-hybridized carbons (Fsp3) is 0.550. The summed E-state index contributed by atoms with van der Waals surface area (Å²) in [4.78, 5) is 12.7. The molecule has 138 valence electrons. The van der Waals surface area contributed by atoms with Crippen LogP contribution in [0.25, 0.3) is 0 Å². The van der Waals surface area contributed by atoms with E-state index >= 15 is 0 Å². The van der Waals surface area contributed by atoms with Crippen LogP contribution in [0.4, 0.5) is 0 Å². The second-order valence-electron chi connectivity index (χ2n) is 7.66. The van der Waals surface area contributed by atoms with Crippen LogP contribution in [0, 0.1) is 5.92 Å². The van der Waals surface area contributed by atoms with Gasteiger partial charge in [-0.05, 0) is 55.7 Å². The predicted octanol–water partition coefficient (Wildman–Crippen LogP) is 1.98. The minimum atomic E-state index is -0.415. The van der Waals surface area contributed by atoms with Crippen molar-refractivity contribution < 1.29 is 9.90 Å². The van der Waals surface area contributed by atoms with E-state index in [9.17, 15) is 9.90 Å². The molecule has 1 amide bonds. The van der Waals surface area contributed by atoms with E-state index in [4.69, 9.17) is 0 Å². The van der Waals surface area contributed by atoms with E-state index in [0.29, 0.717) is 13.0 Å². The summed E-state index contributed by atoms with van der Waals surface area (Å²) >= 11 is 0. The molecular weight excluding hydrogens is 328 g/mol. The van der Waals surface area contributed by atoms with Crippen LogP contribution in [-0.2, 0) is 19.9 Å². The summed E-state index contributed by atoms with van der Waals surface area (Å²) in [5.74, 6) is 1.15. The first-order valence-corrected chi connectivity index (χ1v) is 9.54. The highest BCUT2D eigenvalue weighted by Gasteiger charge is 2.36. The molecule has 2 aromatic rings. The number of carbonyl (C=O) groups is 1. The number of fused-ring (bicyclic) bond motifs is 1. The van der Waals surface area contributed by atoms with Gasteiger partial charge in [-0.15, -0.1) is 10.2 Å². The Morgan fingerprint density at radius 3 is 2.96 bits per heavy atom. The Morgan fingerprint density at radius 1 is 1.31 bits per heavy atom. The molecule has 26 heavy (non-hydrogen) atoms. The molecule has 2 aliphatic carbocycles. The third kappa shape index (κ3) is 3.26. The fourth-order valence-corrected chi connectivity index (χ4v) is 4.51. The van der Waals surface area contributed by atoms with Crippen LogP contribution in [0.15, 0.2) is 24.5 Å². The Kier molecular flexibility index (Phi) is 4.76. The van der Waals surface area contributed by atoms with Crippen molar-refractivity contribution in [3.8, 4) is 0 Å². The monoisotopic (exact) mass is 354 g/mol. The largest absolute Gasteiger partial charge is 0.393 e. The molecule has 1 fully saturated rings. The zero-order valence-electron chi connectivity index (χ0n) is 15.2. The number of aryl methyl sites for hydroxylation is 2. The van der Waals surface area contributed by atoms with Gasteiger partial charge in [0.05, 0.1) is 6.10 Å². The zero-order valence-corrected chi connectivity index (χ0v) is 15.2. The third-order valence-corrected chi connectivity index (χ3v) is 5.93. The number of hydrogen-bond acceptors (Lipinski definition) is 4. The van der Waals surface area contributed by atoms with Crippen molar-refractivity contribution in [1.82, 2.24) is 20.1 Å². The smallest absolute Gasteiger partial charge is 0.251 e. The molecule has 1 saturated carbocycles. The summed E-state index contributed by atoms with van der Waals surface area (Å²) in [5.41, 5.74) is 3.33. The summed E-state index contributed by atoms with van der Waals surface area (Å²) in [6, 6.07) is 6.04. The van der Waals surface area contributed by atoms with Crippen LogP contribution < -0.4 is 5.32 Å². The molecule has 2 N–H and O–H groups in total. The number of benzene rings is 1. The summed E-state index contributed by atoms with van der Waals surface area (Å²) < 4.78 is 1.91. The lowest BCUT2D eigenvalue weighted by Gasteiger charge is -2.20. The normalized spacial score (nSPS) is 25.1. The molecule has 6 nitrogen and oxygen atoms in total. The Morgan fingerprint density at radius 2 is 2.15 bits per heavy atom. The minimum Gasteiger partial charge on any atom is -0.393 e. The van der Waals surface area contributed by atoms with Gasteiger partial charge in [0.25, 0.3) is 5.91 Å². The Bertz CT molecular complexity index is 801. The van der Waals surface area contributed by atoms with Gasteiger partial charge >= 0.3 is 0 Å². The van der Waals surface area contributed by atoms with Gasteiger partial charge in [0.1, 0.15) is 12.2 Å². The van der Waals surface area contributed by atoms with Crippen molar-refractivity contribution in [3.05, 3.63) is 47.0 Å². The SMILES string of the molecule is Cn1cnnc1[C@H]1C[C@H](CNC(=O)c2cccc3c2CCCC3)[C@H](O)C1. The quantitative estimate of drug-likeness (QED) is 0.880. The van der Waals surface area contributed by atoms with Gasteiger partial charge in [-0.1, -0.05) is 12.1 Å². The van der Waals surface area contributed by atoms with Gasteiger partial charge in [0.2, 0.25) is 0 Å². The third-order valence-electron chi connectivity index (χ3n) is 5.93. The van der Waals surface area contributed by atoms with Crippen molar-refractivity contribution in [2.75, 3.05) is 6.54 Å². The van der Waals surface area contributed by atoms with Crippen LogP contribution >= 0.6 is 0 Å². The number of nitrogens with zero attached hydrogens (tertiary/aromatic N) is 3. The molecule has 1 aromatic heterocycles. The highest BCUT2D eigenvalue weighted by Crippen LogP contribution is 2.37. The summed E-state index contributed by atoms with van der Waals surface area (Å²) in [6.45, 7) is 0.498. The highest BCUT2D eigenvalue weighted by atomic mass is 16.3. The molecule has 6 heteroatoms. The number of hydrogen-bond donors (Lipinski definition) is 2. The maximum atomic E-state index is 12.7. The van der Waals surface area contributed by atoms with Crippen LogP contribution in [0.5, 0.6) is 0 Å². The van der Waals surface area contributed by atoms with Crippen LogP contribution in [0.2, 0.25) is 0 Å². The summed E-state index contributed by atoms with van der Waals surface area (Å²) in [6.07, 6.45) is 7.18. The molecule has 0 spiro atoms. The maximum Gasteiger partial charge on any atom is 0.251 e. The van der Waals surface area contributed by atoms with Crippen molar-refractivity contribution in [1.29, 1.82) is 0 Å². The lowest BCUT2D eigenvalue weighted by atomic mass is 9.88. The molecule has 3 atom stereocenters. The molecule has 0 radical (unpaired) electrons. The number of aromatic nitrogens is 3. The minimum absolute atomic E-state index is 0.0157. The molecule has 1 aromatic carbocycles. The van der Waals surface area contributed by atoms with E-state index < -0.39 is 6.10 Å². The average molecular weight is 354 g/mol. The van der Waals surface area contributed by atoms with Crippen molar-refractivity contribution >= 4 is 5.91 Å². The van der Waals surface area contributed by atoms with E-state index in [1.807, 2.05) is 23.7 Å². The molecule has 0 aliphatic heterocycles. The van der Waals surface area contributed by atoms with Crippen molar-refractivity contribution in [2.45, 2.75) is 50.5 Å². The van der Waals surface area contributed by atoms with E-state index in [2.05, 4.69) is 21.6 Å². The molecule has 1 heterocycles. The summed E-state index contributed by atoms with van der Waals surface area (Å²) in [7, 11) is 1.93. The molecule has 0 bridgehead atoms. The first-order valence-electron chi connectivity index (χ1n) is 9.54. The van der Waals surface area contributed by atoms with Gasteiger partial charge in [-0.3, -0.25) is 4.79 Å². The van der Waals surface area contributed by atoms with Crippen LogP contribution in [0.3, 0.4) is 0 Å². The van der Waals surface area contributed by atoms with E-state index in [1.165, 1.54) is 17.5 Å². The highest BCUT2D eigenvalue weighted by molar-refractivity contribution is 5.96. The molecular formula is C20H26N4O2. The topological polar surface area (TPSA) is 80.0 Å². The average Bonchev–Trinajstić information content (AvgIpc) is 3.24. The van der Waals surface area contributed by atoms with Crippen molar-refractivity contribution in [3.63, 3.8) is 0 Å². The lowest BCUT2D eigenvalue weighted by molar-refractivity contribution is 0.0915. The van der Waals surface area contributed by atoms with Gasteiger partial charge in [-0.2, -0.15) is 0 Å². The first kappa shape index (κ1) is 17.2. The maximum absolute atomic E-state index is 12.7. The lowest BCUT2D eigenvalue weighted by Crippen LogP contribution is -2.33. The number of amides is 1.